The average Bonchev–Trinajstić information content (AvgIpc) is 3.11. The zero-order chi connectivity index (χ0) is 12.7. The van der Waals surface area contributed by atoms with Crippen LogP contribution in [0.4, 0.5) is 0 Å². The third-order valence-electron chi connectivity index (χ3n) is 3.20. The van der Waals surface area contributed by atoms with Crippen molar-refractivity contribution >= 4 is 0 Å². The van der Waals surface area contributed by atoms with Crippen molar-refractivity contribution in [2.75, 3.05) is 0 Å². The minimum absolute atomic E-state index is 0.0938. The maximum Gasteiger partial charge on any atom is 0.251 e. The number of hydrogen-bond acceptors (Lipinski definition) is 3. The second kappa shape index (κ2) is 4.05. The second-order valence-electron chi connectivity index (χ2n) is 4.97. The molecule has 92 valence electrons. The van der Waals surface area contributed by atoms with E-state index in [9.17, 15) is 4.79 Å². The van der Waals surface area contributed by atoms with Gasteiger partial charge < -0.3 is 4.98 Å². The number of H-pyrrole nitrogens is 1. The summed E-state index contributed by atoms with van der Waals surface area (Å²) < 4.78 is 0. The van der Waals surface area contributed by atoms with E-state index in [0.29, 0.717) is 11.7 Å². The fourth-order valence-corrected chi connectivity index (χ4v) is 2.14. The molecule has 4 heteroatoms. The van der Waals surface area contributed by atoms with Crippen molar-refractivity contribution in [2.24, 2.45) is 0 Å². The standard InChI is InChI=1S/C14H15N3O/c1-8-5-9(2)13(15-7-8)14-16-11(10-3-4-10)6-12(18)17-14/h5-7,10H,3-4H2,1-2H3,(H,16,17,18). The maximum atomic E-state index is 11.7. The lowest BCUT2D eigenvalue weighted by Gasteiger charge is -2.06. The molecule has 4 nitrogen and oxygen atoms in total. The van der Waals surface area contributed by atoms with Crippen LogP contribution in [0.3, 0.4) is 0 Å². The molecule has 1 saturated carbocycles. The van der Waals surface area contributed by atoms with E-state index in [1.807, 2.05) is 19.9 Å². The van der Waals surface area contributed by atoms with Crippen molar-refractivity contribution in [3.05, 3.63) is 45.5 Å². The molecule has 0 spiro atoms. The van der Waals surface area contributed by atoms with Gasteiger partial charge in [0.05, 0.1) is 5.69 Å². The van der Waals surface area contributed by atoms with Crippen molar-refractivity contribution in [3.8, 4) is 11.5 Å². The number of rotatable bonds is 2. The van der Waals surface area contributed by atoms with Crippen LogP contribution >= 0.6 is 0 Å². The molecule has 0 aromatic carbocycles. The molecule has 0 unspecified atom stereocenters. The number of nitrogens with zero attached hydrogens (tertiary/aromatic N) is 2. The third kappa shape index (κ3) is 2.06. The van der Waals surface area contributed by atoms with E-state index >= 15 is 0 Å². The average molecular weight is 241 g/mol. The van der Waals surface area contributed by atoms with Gasteiger partial charge in [-0.15, -0.1) is 0 Å². The van der Waals surface area contributed by atoms with Gasteiger partial charge in [-0.05, 0) is 37.8 Å². The van der Waals surface area contributed by atoms with Crippen molar-refractivity contribution in [2.45, 2.75) is 32.6 Å². The summed E-state index contributed by atoms with van der Waals surface area (Å²) in [4.78, 5) is 23.4. The Bertz CT molecular complexity index is 656. The van der Waals surface area contributed by atoms with Crippen LogP contribution in [0.2, 0.25) is 0 Å². The first-order chi connectivity index (χ1) is 8.63. The van der Waals surface area contributed by atoms with E-state index in [1.54, 1.807) is 12.3 Å². The van der Waals surface area contributed by atoms with E-state index in [4.69, 9.17) is 0 Å². The molecule has 3 rings (SSSR count). The maximum absolute atomic E-state index is 11.7. The molecule has 1 aliphatic rings. The normalized spacial score (nSPS) is 14.8. The Balaban J connectivity index is 2.13. The van der Waals surface area contributed by atoms with Gasteiger partial charge in [-0.25, -0.2) is 4.98 Å². The van der Waals surface area contributed by atoms with Gasteiger partial charge in [-0.2, -0.15) is 0 Å². The Morgan fingerprint density at radius 1 is 1.28 bits per heavy atom. The molecule has 0 bridgehead atoms. The zero-order valence-corrected chi connectivity index (χ0v) is 10.5. The number of aromatic nitrogens is 3. The first-order valence-corrected chi connectivity index (χ1v) is 6.18. The molecule has 0 saturated heterocycles. The minimum Gasteiger partial charge on any atom is -0.305 e. The topological polar surface area (TPSA) is 58.6 Å². The lowest BCUT2D eigenvalue weighted by Crippen LogP contribution is -2.11. The minimum atomic E-state index is -0.0938. The molecule has 2 aromatic rings. The summed E-state index contributed by atoms with van der Waals surface area (Å²) in [5.74, 6) is 1.05. The summed E-state index contributed by atoms with van der Waals surface area (Å²) in [6, 6.07) is 3.65. The van der Waals surface area contributed by atoms with Crippen molar-refractivity contribution in [1.29, 1.82) is 0 Å². The molecule has 2 aromatic heterocycles. The van der Waals surface area contributed by atoms with Gasteiger partial charge >= 0.3 is 0 Å². The highest BCUT2D eigenvalue weighted by Crippen LogP contribution is 2.38. The van der Waals surface area contributed by atoms with Crippen LogP contribution < -0.4 is 5.56 Å². The van der Waals surface area contributed by atoms with Gasteiger partial charge in [0, 0.05) is 18.2 Å². The fourth-order valence-electron chi connectivity index (χ4n) is 2.14. The Hall–Kier alpha value is -1.97. The largest absolute Gasteiger partial charge is 0.305 e. The number of aryl methyl sites for hydroxylation is 2. The predicted octanol–water partition coefficient (Wildman–Crippen LogP) is 2.33. The van der Waals surface area contributed by atoms with Gasteiger partial charge in [0.15, 0.2) is 5.82 Å². The van der Waals surface area contributed by atoms with Gasteiger partial charge in [0.1, 0.15) is 5.69 Å². The molecule has 1 aliphatic carbocycles. The Labute approximate surface area is 105 Å². The fraction of sp³-hybridized carbons (Fsp3) is 0.357. The lowest BCUT2D eigenvalue weighted by atomic mass is 10.1. The van der Waals surface area contributed by atoms with Crippen molar-refractivity contribution < 1.29 is 0 Å². The van der Waals surface area contributed by atoms with E-state index in [1.165, 1.54) is 0 Å². The molecule has 18 heavy (non-hydrogen) atoms. The quantitative estimate of drug-likeness (QED) is 0.877. The number of hydrogen-bond donors (Lipinski definition) is 1. The van der Waals surface area contributed by atoms with Gasteiger partial charge in [-0.3, -0.25) is 9.78 Å². The van der Waals surface area contributed by atoms with Crippen LogP contribution in [0, 0.1) is 13.8 Å². The summed E-state index contributed by atoms with van der Waals surface area (Å²) in [6.07, 6.45) is 4.07. The highest BCUT2D eigenvalue weighted by molar-refractivity contribution is 5.54. The molecular weight excluding hydrogens is 226 g/mol. The molecule has 0 aliphatic heterocycles. The highest BCUT2D eigenvalue weighted by atomic mass is 16.1. The molecule has 0 amide bonds. The van der Waals surface area contributed by atoms with Gasteiger partial charge in [0.2, 0.25) is 0 Å². The van der Waals surface area contributed by atoms with Crippen LogP contribution in [-0.4, -0.2) is 15.0 Å². The van der Waals surface area contributed by atoms with Crippen molar-refractivity contribution in [3.63, 3.8) is 0 Å². The lowest BCUT2D eigenvalue weighted by molar-refractivity contribution is 0.967. The zero-order valence-electron chi connectivity index (χ0n) is 10.5. The summed E-state index contributed by atoms with van der Waals surface area (Å²) in [7, 11) is 0. The Morgan fingerprint density at radius 3 is 2.72 bits per heavy atom. The van der Waals surface area contributed by atoms with Crippen LogP contribution in [0.5, 0.6) is 0 Å². The van der Waals surface area contributed by atoms with Crippen LogP contribution in [0.15, 0.2) is 23.1 Å². The van der Waals surface area contributed by atoms with Gasteiger partial charge in [-0.1, -0.05) is 6.07 Å². The van der Waals surface area contributed by atoms with E-state index in [0.717, 1.165) is 35.4 Å². The van der Waals surface area contributed by atoms with E-state index < -0.39 is 0 Å². The number of nitrogens with one attached hydrogen (secondary N) is 1. The highest BCUT2D eigenvalue weighted by Gasteiger charge is 2.26. The summed E-state index contributed by atoms with van der Waals surface area (Å²) in [5, 5.41) is 0. The summed E-state index contributed by atoms with van der Waals surface area (Å²) in [6.45, 7) is 3.99. The smallest absolute Gasteiger partial charge is 0.251 e. The molecule has 0 radical (unpaired) electrons. The molecular formula is C14H15N3O. The van der Waals surface area contributed by atoms with Gasteiger partial charge in [0.25, 0.3) is 5.56 Å². The molecule has 0 atom stereocenters. The molecule has 2 heterocycles. The first-order valence-electron chi connectivity index (χ1n) is 6.18. The summed E-state index contributed by atoms with van der Waals surface area (Å²) in [5.41, 5.74) is 3.71. The number of aromatic amines is 1. The Kier molecular flexibility index (Phi) is 2.51. The summed E-state index contributed by atoms with van der Waals surface area (Å²) >= 11 is 0. The van der Waals surface area contributed by atoms with Crippen LogP contribution in [0.25, 0.3) is 11.5 Å². The van der Waals surface area contributed by atoms with E-state index in [-0.39, 0.29) is 5.56 Å². The second-order valence-corrected chi connectivity index (χ2v) is 4.97. The molecule has 1 N–H and O–H groups in total. The van der Waals surface area contributed by atoms with Crippen molar-refractivity contribution in [1.82, 2.24) is 15.0 Å². The van der Waals surface area contributed by atoms with E-state index in [2.05, 4.69) is 15.0 Å². The molecule has 1 fully saturated rings. The van der Waals surface area contributed by atoms with Crippen LogP contribution in [0.1, 0.15) is 35.6 Å². The van der Waals surface area contributed by atoms with Crippen LogP contribution in [-0.2, 0) is 0 Å². The first kappa shape index (κ1) is 11.1. The third-order valence-corrected chi connectivity index (χ3v) is 3.20. The SMILES string of the molecule is Cc1cnc(-c2nc(C3CC3)cc(=O)[nH]2)c(C)c1. The number of pyridine rings is 1. The predicted molar refractivity (Wildman–Crippen MR) is 69.5 cm³/mol. The Morgan fingerprint density at radius 2 is 2.06 bits per heavy atom. The monoisotopic (exact) mass is 241 g/mol.